The van der Waals surface area contributed by atoms with Gasteiger partial charge in [-0.3, -0.25) is 0 Å². The van der Waals surface area contributed by atoms with E-state index in [1.165, 1.54) is 23.5 Å². The molecule has 1 aliphatic heterocycles. The van der Waals surface area contributed by atoms with Crippen molar-refractivity contribution in [1.29, 1.82) is 0 Å². The smallest absolute Gasteiger partial charge is 0.243 e. The Labute approximate surface area is 119 Å². The molecule has 0 radical (unpaired) electrons. The number of nitrogens with two attached hydrogens (primary N) is 1. The van der Waals surface area contributed by atoms with Crippen LogP contribution in [0.1, 0.15) is 12.8 Å². The number of sulfonamides is 1. The lowest BCUT2D eigenvalue weighted by atomic mass is 10.00. The van der Waals surface area contributed by atoms with Crippen molar-refractivity contribution in [2.75, 3.05) is 32.5 Å². The Kier molecular flexibility index (Phi) is 4.52. The Morgan fingerprint density at radius 2 is 2.05 bits per heavy atom. The van der Waals surface area contributed by atoms with E-state index in [1.54, 1.807) is 6.07 Å². The van der Waals surface area contributed by atoms with Gasteiger partial charge in [0.25, 0.3) is 0 Å². The standard InChI is InChI=1S/C13H20N2O4S/c1-19-13-3-2-11(8-12(13)14)20(17,18)15-6-4-10(9-16)5-7-15/h2-3,8,10,16H,4-7,9,14H2,1H3. The molecule has 0 unspecified atom stereocenters. The molecule has 2 rings (SSSR count). The van der Waals surface area contributed by atoms with Gasteiger partial charge in [-0.15, -0.1) is 0 Å². The van der Waals surface area contributed by atoms with Crippen LogP contribution in [-0.4, -0.2) is 44.6 Å². The number of aliphatic hydroxyl groups excluding tert-OH is 1. The molecule has 7 heteroatoms. The van der Waals surface area contributed by atoms with Crippen molar-refractivity contribution in [2.24, 2.45) is 5.92 Å². The quantitative estimate of drug-likeness (QED) is 0.797. The molecular weight excluding hydrogens is 280 g/mol. The molecule has 1 aromatic rings. The fourth-order valence-corrected chi connectivity index (χ4v) is 3.86. The Balaban J connectivity index is 2.20. The zero-order valence-corrected chi connectivity index (χ0v) is 12.3. The van der Waals surface area contributed by atoms with Crippen LogP contribution in [0.3, 0.4) is 0 Å². The predicted molar refractivity (Wildman–Crippen MR) is 76.0 cm³/mol. The minimum absolute atomic E-state index is 0.114. The first-order chi connectivity index (χ1) is 9.48. The molecule has 1 fully saturated rings. The molecule has 1 aromatic carbocycles. The van der Waals surface area contributed by atoms with Crippen LogP contribution in [0.4, 0.5) is 5.69 Å². The SMILES string of the molecule is COc1ccc(S(=O)(=O)N2CCC(CO)CC2)cc1N. The number of methoxy groups -OCH3 is 1. The molecule has 1 heterocycles. The maximum Gasteiger partial charge on any atom is 0.243 e. The average Bonchev–Trinajstić information content (AvgIpc) is 2.47. The normalized spacial score (nSPS) is 18.1. The molecule has 0 spiro atoms. The van der Waals surface area contributed by atoms with Gasteiger partial charge in [0, 0.05) is 19.7 Å². The monoisotopic (exact) mass is 300 g/mol. The third kappa shape index (κ3) is 2.89. The van der Waals surface area contributed by atoms with Crippen LogP contribution in [0.15, 0.2) is 23.1 Å². The first-order valence-corrected chi connectivity index (χ1v) is 7.97. The molecule has 0 saturated carbocycles. The number of rotatable bonds is 4. The summed E-state index contributed by atoms with van der Waals surface area (Å²) in [5.41, 5.74) is 6.07. The molecule has 0 aliphatic carbocycles. The summed E-state index contributed by atoms with van der Waals surface area (Å²) in [5, 5.41) is 9.09. The van der Waals surface area contributed by atoms with Crippen molar-refractivity contribution in [3.8, 4) is 5.75 Å². The van der Waals surface area contributed by atoms with Crippen molar-refractivity contribution in [3.63, 3.8) is 0 Å². The van der Waals surface area contributed by atoms with E-state index in [4.69, 9.17) is 15.6 Å². The van der Waals surface area contributed by atoms with E-state index in [9.17, 15) is 8.42 Å². The van der Waals surface area contributed by atoms with E-state index in [1.807, 2.05) is 0 Å². The summed E-state index contributed by atoms with van der Waals surface area (Å²) >= 11 is 0. The highest BCUT2D eigenvalue weighted by atomic mass is 32.2. The lowest BCUT2D eigenvalue weighted by Gasteiger charge is -2.30. The molecule has 0 bridgehead atoms. The molecule has 3 N–H and O–H groups in total. The molecule has 0 aromatic heterocycles. The highest BCUT2D eigenvalue weighted by Crippen LogP contribution is 2.28. The number of anilines is 1. The topological polar surface area (TPSA) is 92.9 Å². The van der Waals surface area contributed by atoms with Crippen LogP contribution in [0.5, 0.6) is 5.75 Å². The summed E-state index contributed by atoms with van der Waals surface area (Å²) in [6.07, 6.45) is 1.36. The van der Waals surface area contributed by atoms with E-state index in [-0.39, 0.29) is 17.4 Å². The van der Waals surface area contributed by atoms with Crippen molar-refractivity contribution < 1.29 is 18.3 Å². The molecule has 20 heavy (non-hydrogen) atoms. The van der Waals surface area contributed by atoms with Crippen LogP contribution in [0.25, 0.3) is 0 Å². The third-order valence-electron chi connectivity index (χ3n) is 3.67. The van der Waals surface area contributed by atoms with Crippen LogP contribution in [0, 0.1) is 5.92 Å². The van der Waals surface area contributed by atoms with E-state index in [2.05, 4.69) is 0 Å². The van der Waals surface area contributed by atoms with Gasteiger partial charge in [-0.2, -0.15) is 4.31 Å². The van der Waals surface area contributed by atoms with E-state index < -0.39 is 10.0 Å². The molecule has 1 saturated heterocycles. The van der Waals surface area contributed by atoms with E-state index >= 15 is 0 Å². The zero-order valence-electron chi connectivity index (χ0n) is 11.4. The minimum Gasteiger partial charge on any atom is -0.495 e. The van der Waals surface area contributed by atoms with Gasteiger partial charge in [-0.25, -0.2) is 8.42 Å². The number of nitrogens with zero attached hydrogens (tertiary/aromatic N) is 1. The van der Waals surface area contributed by atoms with Gasteiger partial charge in [0.15, 0.2) is 0 Å². The van der Waals surface area contributed by atoms with E-state index in [0.29, 0.717) is 37.4 Å². The number of aliphatic hydroxyl groups is 1. The molecule has 0 atom stereocenters. The second kappa shape index (κ2) is 5.99. The zero-order chi connectivity index (χ0) is 14.8. The summed E-state index contributed by atoms with van der Waals surface area (Å²) in [7, 11) is -2.04. The van der Waals surface area contributed by atoms with Gasteiger partial charge in [-0.05, 0) is 37.0 Å². The first-order valence-electron chi connectivity index (χ1n) is 6.53. The lowest BCUT2D eigenvalue weighted by Crippen LogP contribution is -2.39. The molecular formula is C13H20N2O4S. The highest BCUT2D eigenvalue weighted by Gasteiger charge is 2.29. The van der Waals surface area contributed by atoms with Crippen LogP contribution >= 0.6 is 0 Å². The Hall–Kier alpha value is -1.31. The number of nitrogen functional groups attached to an aromatic ring is 1. The lowest BCUT2D eigenvalue weighted by molar-refractivity contribution is 0.170. The van der Waals surface area contributed by atoms with Gasteiger partial charge in [-0.1, -0.05) is 0 Å². The van der Waals surface area contributed by atoms with Crippen molar-refractivity contribution in [1.82, 2.24) is 4.31 Å². The van der Waals surface area contributed by atoms with Crippen molar-refractivity contribution in [2.45, 2.75) is 17.7 Å². The fourth-order valence-electron chi connectivity index (χ4n) is 2.35. The second-order valence-electron chi connectivity index (χ2n) is 4.93. The van der Waals surface area contributed by atoms with Gasteiger partial charge >= 0.3 is 0 Å². The van der Waals surface area contributed by atoms with Gasteiger partial charge in [0.05, 0.1) is 17.7 Å². The summed E-state index contributed by atoms with van der Waals surface area (Å²) < 4.78 is 31.5. The van der Waals surface area contributed by atoms with Crippen LogP contribution in [0.2, 0.25) is 0 Å². The molecule has 0 amide bonds. The maximum absolute atomic E-state index is 12.5. The predicted octanol–water partition coefficient (Wildman–Crippen LogP) is 0.670. The molecule has 1 aliphatic rings. The molecule has 6 nitrogen and oxygen atoms in total. The summed E-state index contributed by atoms with van der Waals surface area (Å²) in [4.78, 5) is 0.179. The Morgan fingerprint density at radius 3 is 2.55 bits per heavy atom. The Morgan fingerprint density at radius 1 is 1.40 bits per heavy atom. The van der Waals surface area contributed by atoms with Gasteiger partial charge in [0.2, 0.25) is 10.0 Å². The summed E-state index contributed by atoms with van der Waals surface area (Å²) in [5.74, 6) is 0.658. The minimum atomic E-state index is -3.53. The van der Waals surface area contributed by atoms with Crippen molar-refractivity contribution >= 4 is 15.7 Å². The summed E-state index contributed by atoms with van der Waals surface area (Å²) in [6, 6.07) is 4.48. The van der Waals surface area contributed by atoms with Crippen molar-refractivity contribution in [3.05, 3.63) is 18.2 Å². The van der Waals surface area contributed by atoms with Crippen LogP contribution in [-0.2, 0) is 10.0 Å². The Bertz CT molecular complexity index is 566. The maximum atomic E-state index is 12.5. The number of benzene rings is 1. The van der Waals surface area contributed by atoms with Gasteiger partial charge in [0.1, 0.15) is 5.75 Å². The van der Waals surface area contributed by atoms with E-state index in [0.717, 1.165) is 0 Å². The number of piperidine rings is 1. The average molecular weight is 300 g/mol. The van der Waals surface area contributed by atoms with Gasteiger partial charge < -0.3 is 15.6 Å². The number of ether oxygens (including phenoxy) is 1. The third-order valence-corrected chi connectivity index (χ3v) is 5.57. The highest BCUT2D eigenvalue weighted by molar-refractivity contribution is 7.89. The van der Waals surface area contributed by atoms with Crippen LogP contribution < -0.4 is 10.5 Å². The largest absolute Gasteiger partial charge is 0.495 e. The number of hydrogen-bond acceptors (Lipinski definition) is 5. The first kappa shape index (κ1) is 15.1. The fraction of sp³-hybridized carbons (Fsp3) is 0.538. The molecule has 112 valence electrons. The second-order valence-corrected chi connectivity index (χ2v) is 6.87. The summed E-state index contributed by atoms with van der Waals surface area (Å²) in [6.45, 7) is 0.975. The number of hydrogen-bond donors (Lipinski definition) is 2.